The minimum atomic E-state index is -0.350. The highest BCUT2D eigenvalue weighted by Gasteiger charge is 2.31. The third kappa shape index (κ3) is 5.50. The zero-order chi connectivity index (χ0) is 22.4. The van der Waals surface area contributed by atoms with Gasteiger partial charge in [0, 0.05) is 63.3 Å². The number of carbonyl (C=O) groups is 2. The van der Waals surface area contributed by atoms with Gasteiger partial charge in [-0.2, -0.15) is 0 Å². The number of hydrogen-bond donors (Lipinski definition) is 2. The third-order valence-electron chi connectivity index (χ3n) is 5.44. The summed E-state index contributed by atoms with van der Waals surface area (Å²) < 4.78 is 6.53. The molecule has 2 aromatic rings. The highest BCUT2D eigenvalue weighted by Crippen LogP contribution is 2.13. The lowest BCUT2D eigenvalue weighted by Gasteiger charge is -2.38. The standard InChI is InChI=1S/C22H29N5O4/c1-25(13-14-31-2)22(30)26-12-10-18(23)19(15-26)24-21(29)16-6-8-17(9-7-16)27-11-4-3-5-20(27)28/h3-9,11,18-19H,10,12-15,23H2,1-2H3,(H,24,29). The molecule has 1 aliphatic heterocycles. The summed E-state index contributed by atoms with van der Waals surface area (Å²) in [7, 11) is 3.32. The Morgan fingerprint density at radius 3 is 2.65 bits per heavy atom. The second kappa shape index (κ2) is 10.2. The van der Waals surface area contributed by atoms with Crippen LogP contribution in [0.5, 0.6) is 0 Å². The van der Waals surface area contributed by atoms with Crippen molar-refractivity contribution >= 4 is 11.9 Å². The van der Waals surface area contributed by atoms with Crippen LogP contribution in [-0.2, 0) is 4.74 Å². The number of likely N-dealkylation sites (tertiary alicyclic amines) is 1. The fraction of sp³-hybridized carbons (Fsp3) is 0.409. The third-order valence-corrected chi connectivity index (χ3v) is 5.44. The van der Waals surface area contributed by atoms with E-state index in [-0.39, 0.29) is 29.6 Å². The Hall–Kier alpha value is -3.17. The van der Waals surface area contributed by atoms with Crippen LogP contribution in [0.1, 0.15) is 16.8 Å². The SMILES string of the molecule is COCCN(C)C(=O)N1CCC(N)C(NC(=O)c2ccc(-n3ccccc3=O)cc2)C1. The molecule has 3 rings (SSSR count). The summed E-state index contributed by atoms with van der Waals surface area (Å²) in [6, 6.07) is 11.0. The molecule has 0 saturated carbocycles. The van der Waals surface area contributed by atoms with Gasteiger partial charge >= 0.3 is 6.03 Å². The number of likely N-dealkylation sites (N-methyl/N-ethyl adjacent to an activating group) is 1. The summed E-state index contributed by atoms with van der Waals surface area (Å²) >= 11 is 0. The van der Waals surface area contributed by atoms with E-state index >= 15 is 0 Å². The van der Waals surface area contributed by atoms with Gasteiger partial charge in [0.05, 0.1) is 12.6 Å². The smallest absolute Gasteiger partial charge is 0.319 e. The molecule has 0 spiro atoms. The Morgan fingerprint density at radius 1 is 1.23 bits per heavy atom. The molecule has 1 aromatic heterocycles. The van der Waals surface area contributed by atoms with E-state index in [1.807, 2.05) is 0 Å². The summed E-state index contributed by atoms with van der Waals surface area (Å²) in [5.74, 6) is -0.269. The topological polar surface area (TPSA) is 110 Å². The van der Waals surface area contributed by atoms with Gasteiger partial charge in [-0.3, -0.25) is 14.2 Å². The Morgan fingerprint density at radius 2 is 1.97 bits per heavy atom. The number of pyridine rings is 1. The lowest BCUT2D eigenvalue weighted by Crippen LogP contribution is -2.60. The van der Waals surface area contributed by atoms with Crippen molar-refractivity contribution in [1.82, 2.24) is 19.7 Å². The van der Waals surface area contributed by atoms with Gasteiger partial charge < -0.3 is 25.6 Å². The summed E-state index contributed by atoms with van der Waals surface area (Å²) in [5.41, 5.74) is 7.20. The monoisotopic (exact) mass is 427 g/mol. The number of methoxy groups -OCH3 is 1. The molecular formula is C22H29N5O4. The minimum absolute atomic E-state index is 0.110. The lowest BCUT2D eigenvalue weighted by atomic mass is 10.00. The predicted molar refractivity (Wildman–Crippen MR) is 117 cm³/mol. The molecule has 3 amide bonds. The number of benzene rings is 1. The van der Waals surface area contributed by atoms with Gasteiger partial charge in [-0.15, -0.1) is 0 Å². The number of nitrogens with one attached hydrogen (secondary N) is 1. The fourth-order valence-electron chi connectivity index (χ4n) is 3.53. The van der Waals surface area contributed by atoms with Gasteiger partial charge in [-0.25, -0.2) is 4.79 Å². The van der Waals surface area contributed by atoms with Crippen molar-refractivity contribution in [2.75, 3.05) is 40.4 Å². The zero-order valence-electron chi connectivity index (χ0n) is 17.9. The van der Waals surface area contributed by atoms with Gasteiger partial charge in [0.2, 0.25) is 0 Å². The molecule has 31 heavy (non-hydrogen) atoms. The molecule has 0 bridgehead atoms. The van der Waals surface area contributed by atoms with Crippen LogP contribution in [0, 0.1) is 0 Å². The molecule has 0 radical (unpaired) electrons. The number of urea groups is 1. The van der Waals surface area contributed by atoms with E-state index in [1.165, 1.54) is 10.6 Å². The van der Waals surface area contributed by atoms with Crippen LogP contribution in [-0.4, -0.2) is 78.8 Å². The van der Waals surface area contributed by atoms with Crippen molar-refractivity contribution in [3.05, 3.63) is 64.6 Å². The second-order valence-corrected chi connectivity index (χ2v) is 7.63. The van der Waals surface area contributed by atoms with Gasteiger partial charge in [0.1, 0.15) is 0 Å². The molecule has 1 saturated heterocycles. The van der Waals surface area contributed by atoms with Crippen LogP contribution >= 0.6 is 0 Å². The molecule has 1 aromatic carbocycles. The first kappa shape index (κ1) is 22.5. The van der Waals surface area contributed by atoms with E-state index in [1.54, 1.807) is 66.6 Å². The van der Waals surface area contributed by atoms with Gasteiger partial charge in [-0.05, 0) is 36.8 Å². The highest BCUT2D eigenvalue weighted by molar-refractivity contribution is 5.94. The van der Waals surface area contributed by atoms with Gasteiger partial charge in [0.25, 0.3) is 11.5 Å². The Labute approximate surface area is 181 Å². The zero-order valence-corrected chi connectivity index (χ0v) is 17.9. The quantitative estimate of drug-likeness (QED) is 0.704. The van der Waals surface area contributed by atoms with Crippen molar-refractivity contribution in [3.63, 3.8) is 0 Å². The van der Waals surface area contributed by atoms with Crippen molar-refractivity contribution in [1.29, 1.82) is 0 Å². The maximum Gasteiger partial charge on any atom is 0.319 e. The first-order valence-corrected chi connectivity index (χ1v) is 10.2. The number of nitrogens with zero attached hydrogens (tertiary/aromatic N) is 3. The van der Waals surface area contributed by atoms with Crippen LogP contribution in [0.2, 0.25) is 0 Å². The Kier molecular flexibility index (Phi) is 7.43. The van der Waals surface area contributed by atoms with Crippen molar-refractivity contribution in [2.45, 2.75) is 18.5 Å². The number of rotatable bonds is 6. The van der Waals surface area contributed by atoms with Crippen molar-refractivity contribution < 1.29 is 14.3 Å². The van der Waals surface area contributed by atoms with Crippen LogP contribution in [0.15, 0.2) is 53.5 Å². The van der Waals surface area contributed by atoms with E-state index in [4.69, 9.17) is 10.5 Å². The first-order valence-electron chi connectivity index (χ1n) is 10.2. The number of piperidine rings is 1. The summed E-state index contributed by atoms with van der Waals surface area (Å²) in [6.07, 6.45) is 2.28. The second-order valence-electron chi connectivity index (χ2n) is 7.63. The molecule has 9 nitrogen and oxygen atoms in total. The maximum atomic E-state index is 12.8. The van der Waals surface area contributed by atoms with Crippen LogP contribution in [0.25, 0.3) is 5.69 Å². The van der Waals surface area contributed by atoms with E-state index in [0.29, 0.717) is 43.9 Å². The number of ether oxygens (including phenoxy) is 1. The molecule has 1 fully saturated rings. The molecule has 0 aliphatic carbocycles. The number of nitrogens with two attached hydrogens (primary N) is 1. The molecule has 3 N–H and O–H groups in total. The minimum Gasteiger partial charge on any atom is -0.383 e. The molecule has 1 aliphatic rings. The van der Waals surface area contributed by atoms with Gasteiger partial charge in [0.15, 0.2) is 0 Å². The summed E-state index contributed by atoms with van der Waals surface area (Å²) in [5, 5.41) is 2.95. The van der Waals surface area contributed by atoms with E-state index in [0.717, 1.165) is 0 Å². The number of aromatic nitrogens is 1. The average Bonchev–Trinajstić information content (AvgIpc) is 2.78. The molecule has 2 unspecified atom stereocenters. The van der Waals surface area contributed by atoms with Crippen molar-refractivity contribution in [2.24, 2.45) is 5.73 Å². The molecule has 2 atom stereocenters. The number of amides is 3. The average molecular weight is 428 g/mol. The number of carbonyl (C=O) groups excluding carboxylic acids is 2. The van der Waals surface area contributed by atoms with Gasteiger partial charge in [-0.1, -0.05) is 6.07 Å². The maximum absolute atomic E-state index is 12.8. The Bertz CT molecular complexity index is 959. The van der Waals surface area contributed by atoms with Crippen LogP contribution in [0.4, 0.5) is 4.79 Å². The lowest BCUT2D eigenvalue weighted by molar-refractivity contribution is 0.0879. The Balaban J connectivity index is 1.64. The molecule has 9 heteroatoms. The van der Waals surface area contributed by atoms with Crippen LogP contribution in [0.3, 0.4) is 0 Å². The van der Waals surface area contributed by atoms with E-state index < -0.39 is 0 Å². The molecular weight excluding hydrogens is 398 g/mol. The summed E-state index contributed by atoms with van der Waals surface area (Å²) in [4.78, 5) is 40.6. The largest absolute Gasteiger partial charge is 0.383 e. The first-order chi connectivity index (χ1) is 14.9. The highest BCUT2D eigenvalue weighted by atomic mass is 16.5. The van der Waals surface area contributed by atoms with Crippen molar-refractivity contribution in [3.8, 4) is 5.69 Å². The van der Waals surface area contributed by atoms with Crippen LogP contribution < -0.4 is 16.6 Å². The molecule has 166 valence electrons. The fourth-order valence-corrected chi connectivity index (χ4v) is 3.53. The normalized spacial score (nSPS) is 18.5. The molecule has 2 heterocycles. The van der Waals surface area contributed by atoms with E-state index in [2.05, 4.69) is 5.32 Å². The van der Waals surface area contributed by atoms with E-state index in [9.17, 15) is 14.4 Å². The predicted octanol–water partition coefficient (Wildman–Crippen LogP) is 0.667. The summed E-state index contributed by atoms with van der Waals surface area (Å²) in [6.45, 7) is 1.84. The number of hydrogen-bond acceptors (Lipinski definition) is 5.